The number of halogens is 1. The lowest BCUT2D eigenvalue weighted by Gasteiger charge is -2.10. The maximum atomic E-state index is 11.9. The topological polar surface area (TPSA) is 67.4 Å². The average Bonchev–Trinajstić information content (AvgIpc) is 2.53. The predicted octanol–water partition coefficient (Wildman–Crippen LogP) is 2.60. The summed E-state index contributed by atoms with van der Waals surface area (Å²) in [5.41, 5.74) is 1.25. The molecule has 0 aliphatic carbocycles. The van der Waals surface area contributed by atoms with Crippen LogP contribution < -0.4 is 15.4 Å². The zero-order valence-corrected chi connectivity index (χ0v) is 12.7. The van der Waals surface area contributed by atoms with Crippen molar-refractivity contribution in [2.45, 2.75) is 6.54 Å². The Balaban J connectivity index is 1.97. The summed E-state index contributed by atoms with van der Waals surface area (Å²) in [6.07, 6.45) is 0. The Bertz CT molecular complexity index is 674. The first-order valence-corrected chi connectivity index (χ1v) is 6.94. The first kappa shape index (κ1) is 15.9. The molecule has 6 heteroatoms. The first-order chi connectivity index (χ1) is 10.6. The fourth-order valence-corrected chi connectivity index (χ4v) is 1.99. The molecule has 0 aliphatic rings. The average molecular weight is 319 g/mol. The van der Waals surface area contributed by atoms with Crippen molar-refractivity contribution in [2.75, 3.05) is 12.4 Å². The van der Waals surface area contributed by atoms with E-state index in [1.54, 1.807) is 12.1 Å². The number of ether oxygens (including phenoxy) is 1. The van der Waals surface area contributed by atoms with Crippen molar-refractivity contribution < 1.29 is 14.3 Å². The van der Waals surface area contributed by atoms with E-state index < -0.39 is 11.8 Å². The lowest BCUT2D eigenvalue weighted by Crippen LogP contribution is -2.35. The monoisotopic (exact) mass is 318 g/mol. The molecule has 0 radical (unpaired) electrons. The summed E-state index contributed by atoms with van der Waals surface area (Å²) >= 11 is 5.87. The second-order valence-corrected chi connectivity index (χ2v) is 4.90. The first-order valence-electron chi connectivity index (χ1n) is 6.57. The summed E-state index contributed by atoms with van der Waals surface area (Å²) in [4.78, 5) is 23.7. The highest BCUT2D eigenvalue weighted by Gasteiger charge is 2.15. The van der Waals surface area contributed by atoms with Gasteiger partial charge in [0.15, 0.2) is 0 Å². The van der Waals surface area contributed by atoms with Gasteiger partial charge in [-0.2, -0.15) is 0 Å². The zero-order valence-electron chi connectivity index (χ0n) is 11.9. The zero-order chi connectivity index (χ0) is 15.9. The highest BCUT2D eigenvalue weighted by atomic mass is 35.5. The Morgan fingerprint density at radius 1 is 1.09 bits per heavy atom. The van der Waals surface area contributed by atoms with Crippen LogP contribution in [0.5, 0.6) is 5.75 Å². The predicted molar refractivity (Wildman–Crippen MR) is 84.9 cm³/mol. The summed E-state index contributed by atoms with van der Waals surface area (Å²) in [7, 11) is 1.47. The number of nitrogens with one attached hydrogen (secondary N) is 2. The normalized spacial score (nSPS) is 9.91. The third-order valence-electron chi connectivity index (χ3n) is 2.91. The molecule has 2 amide bonds. The molecule has 0 saturated heterocycles. The molecule has 0 aliphatic heterocycles. The van der Waals surface area contributed by atoms with Gasteiger partial charge in [0.25, 0.3) is 0 Å². The van der Waals surface area contributed by atoms with Gasteiger partial charge >= 0.3 is 11.8 Å². The van der Waals surface area contributed by atoms with Gasteiger partial charge in [-0.3, -0.25) is 9.59 Å². The fourth-order valence-electron chi connectivity index (χ4n) is 1.82. The Morgan fingerprint density at radius 2 is 1.82 bits per heavy atom. The maximum Gasteiger partial charge on any atom is 0.313 e. The van der Waals surface area contributed by atoms with Crippen LogP contribution in [0.3, 0.4) is 0 Å². The van der Waals surface area contributed by atoms with Crippen LogP contribution in [0.1, 0.15) is 5.56 Å². The molecule has 0 atom stereocenters. The molecule has 0 saturated carbocycles. The molecule has 22 heavy (non-hydrogen) atoms. The summed E-state index contributed by atoms with van der Waals surface area (Å²) < 4.78 is 5.11. The van der Waals surface area contributed by atoms with Gasteiger partial charge in [-0.25, -0.2) is 0 Å². The van der Waals surface area contributed by atoms with E-state index in [4.69, 9.17) is 16.3 Å². The molecule has 0 fully saturated rings. The molecule has 0 spiro atoms. The van der Waals surface area contributed by atoms with E-state index in [1.807, 2.05) is 30.3 Å². The van der Waals surface area contributed by atoms with E-state index in [1.165, 1.54) is 13.2 Å². The quantitative estimate of drug-likeness (QED) is 0.852. The molecule has 0 unspecified atom stereocenters. The molecule has 2 N–H and O–H groups in total. The molecule has 0 bridgehead atoms. The van der Waals surface area contributed by atoms with Crippen molar-refractivity contribution in [1.29, 1.82) is 0 Å². The minimum atomic E-state index is -0.781. The Hall–Kier alpha value is -2.53. The van der Waals surface area contributed by atoms with Crippen LogP contribution in [0.25, 0.3) is 0 Å². The second kappa shape index (κ2) is 7.47. The third kappa shape index (κ3) is 4.23. The Labute approximate surface area is 133 Å². The SMILES string of the molecule is COc1ccc(Cl)cc1NC(=O)C(=O)NCc1ccccc1. The van der Waals surface area contributed by atoms with Crippen LogP contribution >= 0.6 is 11.6 Å². The van der Waals surface area contributed by atoms with Gasteiger partial charge in [0, 0.05) is 11.6 Å². The summed E-state index contributed by atoms with van der Waals surface area (Å²) in [6.45, 7) is 0.278. The third-order valence-corrected chi connectivity index (χ3v) is 3.15. The highest BCUT2D eigenvalue weighted by Crippen LogP contribution is 2.27. The number of hydrogen-bond donors (Lipinski definition) is 2. The van der Waals surface area contributed by atoms with Gasteiger partial charge in [0.2, 0.25) is 0 Å². The minimum Gasteiger partial charge on any atom is -0.495 e. The summed E-state index contributed by atoms with van der Waals surface area (Å²) in [6, 6.07) is 14.1. The molecule has 5 nitrogen and oxygen atoms in total. The van der Waals surface area contributed by atoms with E-state index in [0.717, 1.165) is 5.56 Å². The molecule has 2 aromatic rings. The number of hydrogen-bond acceptors (Lipinski definition) is 3. The van der Waals surface area contributed by atoms with Crippen LogP contribution in [0.15, 0.2) is 48.5 Å². The molecule has 114 valence electrons. The molecular weight excluding hydrogens is 304 g/mol. The number of methoxy groups -OCH3 is 1. The largest absolute Gasteiger partial charge is 0.495 e. The van der Waals surface area contributed by atoms with Gasteiger partial charge in [0.05, 0.1) is 12.8 Å². The molecular formula is C16H15ClN2O3. The van der Waals surface area contributed by atoms with Crippen molar-refractivity contribution in [2.24, 2.45) is 0 Å². The minimum absolute atomic E-state index is 0.278. The molecule has 2 aromatic carbocycles. The van der Waals surface area contributed by atoms with E-state index in [-0.39, 0.29) is 6.54 Å². The van der Waals surface area contributed by atoms with Crippen LogP contribution in [-0.4, -0.2) is 18.9 Å². The van der Waals surface area contributed by atoms with E-state index in [9.17, 15) is 9.59 Å². The van der Waals surface area contributed by atoms with Crippen LogP contribution in [-0.2, 0) is 16.1 Å². The summed E-state index contributed by atoms with van der Waals surface area (Å²) in [5.74, 6) is -1.09. The van der Waals surface area contributed by atoms with Gasteiger partial charge in [-0.1, -0.05) is 41.9 Å². The Kier molecular flexibility index (Phi) is 5.38. The number of benzene rings is 2. The van der Waals surface area contributed by atoms with Crippen LogP contribution in [0, 0.1) is 0 Å². The number of amides is 2. The van der Waals surface area contributed by atoms with Crippen LogP contribution in [0.4, 0.5) is 5.69 Å². The fraction of sp³-hybridized carbons (Fsp3) is 0.125. The van der Waals surface area contributed by atoms with E-state index in [2.05, 4.69) is 10.6 Å². The second-order valence-electron chi connectivity index (χ2n) is 4.47. The van der Waals surface area contributed by atoms with Crippen molar-refractivity contribution in [3.63, 3.8) is 0 Å². The summed E-state index contributed by atoms with van der Waals surface area (Å²) in [5, 5.41) is 5.46. The number of carbonyl (C=O) groups excluding carboxylic acids is 2. The lowest BCUT2D eigenvalue weighted by molar-refractivity contribution is -0.136. The molecule has 0 heterocycles. The standard InChI is InChI=1S/C16H15ClN2O3/c1-22-14-8-7-12(17)9-13(14)19-16(21)15(20)18-10-11-5-3-2-4-6-11/h2-9H,10H2,1H3,(H,18,20)(H,19,21). The molecule has 2 rings (SSSR count). The Morgan fingerprint density at radius 3 is 2.50 bits per heavy atom. The van der Waals surface area contributed by atoms with Crippen molar-refractivity contribution in [3.05, 3.63) is 59.1 Å². The maximum absolute atomic E-state index is 11.9. The smallest absolute Gasteiger partial charge is 0.313 e. The van der Waals surface area contributed by atoms with Gasteiger partial charge < -0.3 is 15.4 Å². The van der Waals surface area contributed by atoms with Gasteiger partial charge in [-0.05, 0) is 23.8 Å². The molecule has 0 aromatic heterocycles. The van der Waals surface area contributed by atoms with Crippen molar-refractivity contribution >= 4 is 29.1 Å². The van der Waals surface area contributed by atoms with Crippen molar-refractivity contribution in [1.82, 2.24) is 5.32 Å². The van der Waals surface area contributed by atoms with Crippen LogP contribution in [0.2, 0.25) is 5.02 Å². The lowest BCUT2D eigenvalue weighted by atomic mass is 10.2. The van der Waals surface area contributed by atoms with E-state index in [0.29, 0.717) is 16.5 Å². The highest BCUT2D eigenvalue weighted by molar-refractivity contribution is 6.40. The van der Waals surface area contributed by atoms with E-state index >= 15 is 0 Å². The number of anilines is 1. The number of rotatable bonds is 4. The van der Waals surface area contributed by atoms with Crippen molar-refractivity contribution in [3.8, 4) is 5.75 Å². The van der Waals surface area contributed by atoms with Gasteiger partial charge in [-0.15, -0.1) is 0 Å². The van der Waals surface area contributed by atoms with Gasteiger partial charge in [0.1, 0.15) is 5.75 Å². The number of carbonyl (C=O) groups is 2.